The highest BCUT2D eigenvalue weighted by Gasteiger charge is 2.34. The number of hydrogen-bond donors (Lipinski definition) is 1. The lowest BCUT2D eigenvalue weighted by Crippen LogP contribution is -2.29. The average molecular weight is 302 g/mol. The quantitative estimate of drug-likeness (QED) is 0.877. The van der Waals surface area contributed by atoms with Gasteiger partial charge in [0.05, 0.1) is 5.92 Å². The molecular weight excluding hydrogens is 276 g/mol. The molecule has 4 heteroatoms. The number of nitrogens with zero attached hydrogens (tertiary/aromatic N) is 1. The average Bonchev–Trinajstić information content (AvgIpc) is 2.88. The minimum Gasteiger partial charge on any atom is -0.342 e. The molecule has 0 bridgehead atoms. The van der Waals surface area contributed by atoms with Gasteiger partial charge in [-0.3, -0.25) is 9.59 Å². The van der Waals surface area contributed by atoms with Crippen molar-refractivity contribution in [2.75, 3.05) is 18.4 Å². The van der Waals surface area contributed by atoms with Gasteiger partial charge in [0.2, 0.25) is 11.8 Å². The van der Waals surface area contributed by atoms with E-state index in [1.165, 1.54) is 0 Å². The van der Waals surface area contributed by atoms with E-state index in [0.717, 1.165) is 42.6 Å². The van der Waals surface area contributed by atoms with Crippen molar-refractivity contribution in [2.45, 2.75) is 46.5 Å². The lowest BCUT2D eigenvalue weighted by atomic mass is 10.0. The molecule has 120 valence electrons. The molecule has 1 heterocycles. The topological polar surface area (TPSA) is 49.4 Å². The van der Waals surface area contributed by atoms with Crippen molar-refractivity contribution in [1.29, 1.82) is 0 Å². The lowest BCUT2D eigenvalue weighted by Gasteiger charge is -2.17. The van der Waals surface area contributed by atoms with E-state index in [9.17, 15) is 9.59 Å². The van der Waals surface area contributed by atoms with E-state index >= 15 is 0 Å². The molecule has 1 aliphatic heterocycles. The summed E-state index contributed by atoms with van der Waals surface area (Å²) in [6.07, 6.45) is 3.27. The number of benzene rings is 1. The van der Waals surface area contributed by atoms with Gasteiger partial charge in [0.15, 0.2) is 0 Å². The highest BCUT2D eigenvalue weighted by molar-refractivity contribution is 5.98. The fourth-order valence-corrected chi connectivity index (χ4v) is 2.94. The first-order chi connectivity index (χ1) is 10.6. The van der Waals surface area contributed by atoms with Crippen molar-refractivity contribution in [3.05, 3.63) is 29.3 Å². The van der Waals surface area contributed by atoms with E-state index < -0.39 is 0 Å². The summed E-state index contributed by atoms with van der Waals surface area (Å²) >= 11 is 0. The largest absolute Gasteiger partial charge is 0.342 e. The van der Waals surface area contributed by atoms with Gasteiger partial charge >= 0.3 is 0 Å². The molecular formula is C18H26N2O2. The van der Waals surface area contributed by atoms with Crippen molar-refractivity contribution in [3.63, 3.8) is 0 Å². The third-order valence-corrected chi connectivity index (χ3v) is 4.36. The van der Waals surface area contributed by atoms with Crippen LogP contribution in [0.4, 0.5) is 5.69 Å². The number of carbonyl (C=O) groups excluding carboxylic acids is 2. The third kappa shape index (κ3) is 3.67. The zero-order valence-electron chi connectivity index (χ0n) is 13.8. The molecule has 1 aromatic carbocycles. The summed E-state index contributed by atoms with van der Waals surface area (Å²) in [5.74, 6) is -0.154. The number of unbranched alkanes of at least 4 members (excludes halogenated alkanes) is 1. The summed E-state index contributed by atoms with van der Waals surface area (Å²) < 4.78 is 0. The number of aryl methyl sites for hydroxylation is 2. The van der Waals surface area contributed by atoms with Crippen LogP contribution in [0.3, 0.4) is 0 Å². The fourth-order valence-electron chi connectivity index (χ4n) is 2.94. The Bertz CT molecular complexity index is 554. The standard InChI is InChI=1S/C18H26N2O2/c1-4-6-10-20-12-15(11-16(20)21)18(22)19-17-13(3)8-7-9-14(17)5-2/h7-9,15H,4-6,10-12H2,1-3H3,(H,19,22)/t15-/m1/s1. The summed E-state index contributed by atoms with van der Waals surface area (Å²) in [5.41, 5.74) is 3.12. The number of likely N-dealkylation sites (tertiary alicyclic amines) is 1. The Morgan fingerprint density at radius 3 is 2.82 bits per heavy atom. The SMILES string of the molecule is CCCCN1C[C@H](C(=O)Nc2c(C)cccc2CC)CC1=O. The second-order valence-corrected chi connectivity index (χ2v) is 6.05. The first-order valence-corrected chi connectivity index (χ1v) is 8.23. The second kappa shape index (κ2) is 7.43. The van der Waals surface area contributed by atoms with Gasteiger partial charge in [0.25, 0.3) is 0 Å². The summed E-state index contributed by atoms with van der Waals surface area (Å²) in [4.78, 5) is 26.3. The van der Waals surface area contributed by atoms with Gasteiger partial charge in [-0.2, -0.15) is 0 Å². The van der Waals surface area contributed by atoms with Crippen LogP contribution >= 0.6 is 0 Å². The van der Waals surface area contributed by atoms with Crippen molar-refractivity contribution < 1.29 is 9.59 Å². The summed E-state index contributed by atoms with van der Waals surface area (Å²) in [6.45, 7) is 7.51. The Hall–Kier alpha value is -1.84. The van der Waals surface area contributed by atoms with Crippen LogP contribution in [0.25, 0.3) is 0 Å². The van der Waals surface area contributed by atoms with Crippen LogP contribution in [0, 0.1) is 12.8 Å². The lowest BCUT2D eigenvalue weighted by molar-refractivity contribution is -0.128. The highest BCUT2D eigenvalue weighted by Crippen LogP contribution is 2.24. The molecule has 0 aromatic heterocycles. The van der Waals surface area contributed by atoms with Gasteiger partial charge in [0.1, 0.15) is 0 Å². The molecule has 1 aromatic rings. The van der Waals surface area contributed by atoms with Gasteiger partial charge in [-0.1, -0.05) is 38.5 Å². The van der Waals surface area contributed by atoms with Crippen molar-refractivity contribution >= 4 is 17.5 Å². The number of rotatable bonds is 6. The number of nitrogens with one attached hydrogen (secondary N) is 1. The van der Waals surface area contributed by atoms with E-state index in [-0.39, 0.29) is 17.7 Å². The van der Waals surface area contributed by atoms with Crippen molar-refractivity contribution in [3.8, 4) is 0 Å². The summed E-state index contributed by atoms with van der Waals surface area (Å²) in [5, 5.41) is 3.05. The smallest absolute Gasteiger partial charge is 0.229 e. The molecule has 1 N–H and O–H groups in total. The Morgan fingerprint density at radius 2 is 2.14 bits per heavy atom. The van der Waals surface area contributed by atoms with Gasteiger partial charge in [0, 0.05) is 25.2 Å². The number of anilines is 1. The van der Waals surface area contributed by atoms with Gasteiger partial charge in [-0.15, -0.1) is 0 Å². The molecule has 2 amide bonds. The fraction of sp³-hybridized carbons (Fsp3) is 0.556. The van der Waals surface area contributed by atoms with E-state index in [1.807, 2.05) is 30.0 Å². The van der Waals surface area contributed by atoms with Crippen LogP contribution in [0.15, 0.2) is 18.2 Å². The summed E-state index contributed by atoms with van der Waals surface area (Å²) in [7, 11) is 0. The van der Waals surface area contributed by atoms with Crippen LogP contribution < -0.4 is 5.32 Å². The third-order valence-electron chi connectivity index (χ3n) is 4.36. The molecule has 2 rings (SSSR count). The zero-order valence-corrected chi connectivity index (χ0v) is 13.8. The molecule has 1 atom stereocenters. The first-order valence-electron chi connectivity index (χ1n) is 8.23. The molecule has 4 nitrogen and oxygen atoms in total. The van der Waals surface area contributed by atoms with Crippen LogP contribution in [-0.2, 0) is 16.0 Å². The predicted molar refractivity (Wildman–Crippen MR) is 88.8 cm³/mol. The van der Waals surface area contributed by atoms with E-state index in [4.69, 9.17) is 0 Å². The highest BCUT2D eigenvalue weighted by atomic mass is 16.2. The van der Waals surface area contributed by atoms with Crippen LogP contribution in [0.2, 0.25) is 0 Å². The summed E-state index contributed by atoms with van der Waals surface area (Å²) in [6, 6.07) is 6.05. The molecule has 1 saturated heterocycles. The molecule has 0 spiro atoms. The van der Waals surface area contributed by atoms with Gasteiger partial charge < -0.3 is 10.2 Å². The van der Waals surface area contributed by atoms with E-state index in [0.29, 0.717) is 13.0 Å². The van der Waals surface area contributed by atoms with Crippen molar-refractivity contribution in [1.82, 2.24) is 4.90 Å². The molecule has 22 heavy (non-hydrogen) atoms. The Labute approximate surface area is 132 Å². The van der Waals surface area contributed by atoms with Gasteiger partial charge in [-0.05, 0) is 30.9 Å². The number of carbonyl (C=O) groups is 2. The maximum Gasteiger partial charge on any atom is 0.229 e. The maximum atomic E-state index is 12.5. The Balaban J connectivity index is 2.03. The van der Waals surface area contributed by atoms with E-state index in [2.05, 4.69) is 19.2 Å². The monoisotopic (exact) mass is 302 g/mol. The molecule has 0 radical (unpaired) electrons. The van der Waals surface area contributed by atoms with Crippen LogP contribution in [0.1, 0.15) is 44.2 Å². The Morgan fingerprint density at radius 1 is 1.36 bits per heavy atom. The minimum atomic E-state index is -0.228. The molecule has 0 aliphatic carbocycles. The number of amides is 2. The molecule has 0 unspecified atom stereocenters. The molecule has 0 saturated carbocycles. The molecule has 1 aliphatic rings. The van der Waals surface area contributed by atoms with Crippen LogP contribution in [0.5, 0.6) is 0 Å². The predicted octanol–water partition coefficient (Wildman–Crippen LogP) is 3.14. The van der Waals surface area contributed by atoms with Crippen molar-refractivity contribution in [2.24, 2.45) is 5.92 Å². The number of para-hydroxylation sites is 1. The molecule has 1 fully saturated rings. The minimum absolute atomic E-state index is 0.0312. The normalized spacial score (nSPS) is 17.9. The first kappa shape index (κ1) is 16.5. The van der Waals surface area contributed by atoms with E-state index in [1.54, 1.807) is 0 Å². The van der Waals surface area contributed by atoms with Crippen LogP contribution in [-0.4, -0.2) is 29.8 Å². The number of hydrogen-bond acceptors (Lipinski definition) is 2. The Kier molecular flexibility index (Phi) is 5.58. The van der Waals surface area contributed by atoms with Gasteiger partial charge in [-0.25, -0.2) is 0 Å². The zero-order chi connectivity index (χ0) is 16.1. The maximum absolute atomic E-state index is 12.5. The second-order valence-electron chi connectivity index (χ2n) is 6.05.